The number of nitrogens with one attached hydrogen (secondary N) is 2. The molecule has 0 fully saturated rings. The first kappa shape index (κ1) is 16.0. The van der Waals surface area contributed by atoms with Gasteiger partial charge >= 0.3 is 6.09 Å². The number of benzene rings is 2. The molecule has 2 N–H and O–H groups in total. The minimum atomic E-state index is -0.578. The molecule has 0 saturated carbocycles. The van der Waals surface area contributed by atoms with Crippen LogP contribution in [0.5, 0.6) is 0 Å². The van der Waals surface area contributed by atoms with Gasteiger partial charge in [0.05, 0.1) is 0 Å². The first-order valence-electron chi connectivity index (χ1n) is 6.90. The number of thiocarbonyl (C=S) groups is 1. The van der Waals surface area contributed by atoms with Gasteiger partial charge < -0.3 is 10.1 Å². The van der Waals surface area contributed by atoms with Crippen LogP contribution < -0.4 is 10.6 Å². The van der Waals surface area contributed by atoms with Crippen molar-refractivity contribution < 1.29 is 9.53 Å². The Morgan fingerprint density at radius 2 is 1.73 bits per heavy atom. The molecule has 2 aromatic carbocycles. The maximum absolute atomic E-state index is 11.7. The van der Waals surface area contributed by atoms with Crippen LogP contribution in [0.2, 0.25) is 0 Å². The molecule has 114 valence electrons. The van der Waals surface area contributed by atoms with Crippen LogP contribution in [-0.2, 0) is 11.3 Å². The van der Waals surface area contributed by atoms with Crippen molar-refractivity contribution in [2.75, 3.05) is 5.32 Å². The third-order valence-corrected chi connectivity index (χ3v) is 3.11. The minimum absolute atomic E-state index is 0.207. The number of aryl methyl sites for hydroxylation is 2. The fraction of sp³-hybridized carbons (Fsp3) is 0.176. The molecule has 0 aromatic heterocycles. The SMILES string of the molecule is Cc1cc(C)cc(NC(=S)NC(=O)OCc2ccccc2)c1. The van der Waals surface area contributed by atoms with E-state index in [1.54, 1.807) is 0 Å². The van der Waals surface area contributed by atoms with Crippen molar-refractivity contribution >= 4 is 29.1 Å². The van der Waals surface area contributed by atoms with Gasteiger partial charge in [0.1, 0.15) is 6.61 Å². The Morgan fingerprint density at radius 1 is 1.09 bits per heavy atom. The van der Waals surface area contributed by atoms with Gasteiger partial charge in [0, 0.05) is 5.69 Å². The van der Waals surface area contributed by atoms with Crippen LogP contribution in [0.3, 0.4) is 0 Å². The molecule has 2 aromatic rings. The van der Waals surface area contributed by atoms with Crippen molar-refractivity contribution in [2.24, 2.45) is 0 Å². The summed E-state index contributed by atoms with van der Waals surface area (Å²) in [6, 6.07) is 15.4. The molecule has 1 amide bonds. The Bertz CT molecular complexity index is 651. The lowest BCUT2D eigenvalue weighted by Crippen LogP contribution is -2.34. The van der Waals surface area contributed by atoms with Gasteiger partial charge in [-0.15, -0.1) is 0 Å². The van der Waals surface area contributed by atoms with Gasteiger partial charge in [-0.2, -0.15) is 0 Å². The van der Waals surface area contributed by atoms with Gasteiger partial charge in [-0.05, 0) is 54.9 Å². The summed E-state index contributed by atoms with van der Waals surface area (Å²) in [5.74, 6) is 0. The predicted octanol–water partition coefficient (Wildman–Crippen LogP) is 3.93. The molecule has 4 nitrogen and oxygen atoms in total. The van der Waals surface area contributed by atoms with E-state index in [1.807, 2.05) is 56.3 Å². The highest BCUT2D eigenvalue weighted by molar-refractivity contribution is 7.80. The smallest absolute Gasteiger partial charge is 0.413 e. The number of carbonyl (C=O) groups is 1. The molecule has 0 heterocycles. The molecule has 0 aliphatic rings. The zero-order valence-electron chi connectivity index (χ0n) is 12.6. The lowest BCUT2D eigenvalue weighted by atomic mass is 10.1. The average molecular weight is 314 g/mol. The Balaban J connectivity index is 1.82. The second-order valence-electron chi connectivity index (χ2n) is 5.02. The fourth-order valence-corrected chi connectivity index (χ4v) is 2.26. The van der Waals surface area contributed by atoms with E-state index in [0.717, 1.165) is 22.4 Å². The van der Waals surface area contributed by atoms with Crippen LogP contribution in [0.1, 0.15) is 16.7 Å². The number of hydrogen-bond donors (Lipinski definition) is 2. The molecular weight excluding hydrogens is 296 g/mol. The fourth-order valence-electron chi connectivity index (χ4n) is 2.06. The van der Waals surface area contributed by atoms with Crippen LogP contribution in [0.25, 0.3) is 0 Å². The number of ether oxygens (including phenoxy) is 1. The number of carbonyl (C=O) groups excluding carboxylic acids is 1. The second kappa shape index (κ2) is 7.56. The van der Waals surface area contributed by atoms with Gasteiger partial charge in [-0.3, -0.25) is 5.32 Å². The molecule has 0 saturated heterocycles. The number of anilines is 1. The molecule has 0 bridgehead atoms. The summed E-state index contributed by atoms with van der Waals surface area (Å²) in [7, 11) is 0. The van der Waals surface area contributed by atoms with Crippen LogP contribution in [0.4, 0.5) is 10.5 Å². The summed E-state index contributed by atoms with van der Waals surface area (Å²) >= 11 is 5.11. The first-order valence-corrected chi connectivity index (χ1v) is 7.31. The van der Waals surface area contributed by atoms with Gasteiger partial charge in [-0.1, -0.05) is 36.4 Å². The maximum Gasteiger partial charge on any atom is 0.413 e. The highest BCUT2D eigenvalue weighted by Crippen LogP contribution is 2.13. The number of alkyl carbamates (subject to hydrolysis) is 1. The van der Waals surface area contributed by atoms with E-state index >= 15 is 0 Å². The van der Waals surface area contributed by atoms with Crippen LogP contribution in [0, 0.1) is 13.8 Å². The largest absolute Gasteiger partial charge is 0.444 e. The molecule has 0 spiro atoms. The molecule has 5 heteroatoms. The highest BCUT2D eigenvalue weighted by Gasteiger charge is 2.06. The molecule has 22 heavy (non-hydrogen) atoms. The van der Waals surface area contributed by atoms with Crippen LogP contribution in [-0.4, -0.2) is 11.2 Å². The lowest BCUT2D eigenvalue weighted by molar-refractivity contribution is 0.145. The third kappa shape index (κ3) is 5.18. The van der Waals surface area contributed by atoms with E-state index in [4.69, 9.17) is 17.0 Å². The summed E-state index contributed by atoms with van der Waals surface area (Å²) < 4.78 is 5.11. The quantitative estimate of drug-likeness (QED) is 0.843. The number of hydrogen-bond acceptors (Lipinski definition) is 3. The van der Waals surface area contributed by atoms with E-state index < -0.39 is 6.09 Å². The maximum atomic E-state index is 11.7. The molecular formula is C17H18N2O2S. The number of rotatable bonds is 3. The highest BCUT2D eigenvalue weighted by atomic mass is 32.1. The van der Waals surface area contributed by atoms with Gasteiger partial charge in [0.2, 0.25) is 0 Å². The molecule has 2 rings (SSSR count). The van der Waals surface area contributed by atoms with Gasteiger partial charge in [-0.25, -0.2) is 4.79 Å². The van der Waals surface area contributed by atoms with E-state index in [-0.39, 0.29) is 11.7 Å². The standard InChI is InChI=1S/C17H18N2O2S/c1-12-8-13(2)10-15(9-12)18-16(22)19-17(20)21-11-14-6-4-3-5-7-14/h3-10H,11H2,1-2H3,(H2,18,19,20,22). The summed E-state index contributed by atoms with van der Waals surface area (Å²) in [5.41, 5.74) is 4.01. The van der Waals surface area contributed by atoms with Crippen molar-refractivity contribution in [1.29, 1.82) is 0 Å². The topological polar surface area (TPSA) is 50.4 Å². The molecule has 0 unspecified atom stereocenters. The second-order valence-corrected chi connectivity index (χ2v) is 5.43. The van der Waals surface area contributed by atoms with Crippen molar-refractivity contribution in [3.8, 4) is 0 Å². The first-order chi connectivity index (χ1) is 10.5. The van der Waals surface area contributed by atoms with E-state index in [2.05, 4.69) is 16.7 Å². The summed E-state index contributed by atoms with van der Waals surface area (Å²) in [5, 5.41) is 5.68. The molecule has 0 atom stereocenters. The van der Waals surface area contributed by atoms with E-state index in [1.165, 1.54) is 0 Å². The van der Waals surface area contributed by atoms with Crippen molar-refractivity contribution in [3.05, 3.63) is 65.2 Å². The van der Waals surface area contributed by atoms with Crippen LogP contribution >= 0.6 is 12.2 Å². The van der Waals surface area contributed by atoms with Crippen LogP contribution in [0.15, 0.2) is 48.5 Å². The Labute approximate surface area is 135 Å². The third-order valence-electron chi connectivity index (χ3n) is 2.91. The van der Waals surface area contributed by atoms with E-state index in [0.29, 0.717) is 0 Å². The minimum Gasteiger partial charge on any atom is -0.444 e. The normalized spacial score (nSPS) is 9.91. The van der Waals surface area contributed by atoms with Crippen molar-refractivity contribution in [1.82, 2.24) is 5.32 Å². The van der Waals surface area contributed by atoms with Gasteiger partial charge in [0.25, 0.3) is 0 Å². The van der Waals surface area contributed by atoms with Crippen molar-refractivity contribution in [2.45, 2.75) is 20.5 Å². The Hall–Kier alpha value is -2.40. The Morgan fingerprint density at radius 3 is 2.36 bits per heavy atom. The summed E-state index contributed by atoms with van der Waals surface area (Å²) in [4.78, 5) is 11.7. The monoisotopic (exact) mass is 314 g/mol. The molecule has 0 aliphatic heterocycles. The van der Waals surface area contributed by atoms with Gasteiger partial charge in [0.15, 0.2) is 5.11 Å². The summed E-state index contributed by atoms with van der Waals surface area (Å²) in [6.07, 6.45) is -0.578. The van der Waals surface area contributed by atoms with E-state index in [9.17, 15) is 4.79 Å². The zero-order valence-corrected chi connectivity index (χ0v) is 13.4. The lowest BCUT2D eigenvalue weighted by Gasteiger charge is -2.11. The molecule has 0 radical (unpaired) electrons. The predicted molar refractivity (Wildman–Crippen MR) is 91.9 cm³/mol. The Kier molecular flexibility index (Phi) is 5.49. The average Bonchev–Trinajstić information content (AvgIpc) is 2.45. The summed E-state index contributed by atoms with van der Waals surface area (Å²) in [6.45, 7) is 4.21. The number of amides is 1. The van der Waals surface area contributed by atoms with Crippen molar-refractivity contribution in [3.63, 3.8) is 0 Å². The zero-order chi connectivity index (χ0) is 15.9. The molecule has 0 aliphatic carbocycles.